The molecule has 1 atom stereocenters. The zero-order valence-electron chi connectivity index (χ0n) is 14.7. The van der Waals surface area contributed by atoms with E-state index < -0.39 is 0 Å². The third-order valence-corrected chi connectivity index (χ3v) is 4.78. The summed E-state index contributed by atoms with van der Waals surface area (Å²) in [5, 5.41) is 11.7. The van der Waals surface area contributed by atoms with Gasteiger partial charge in [0, 0.05) is 17.5 Å². The van der Waals surface area contributed by atoms with Gasteiger partial charge in [-0.05, 0) is 25.8 Å². The molecule has 2 N–H and O–H groups in total. The number of nitrogens with zero attached hydrogens (tertiary/aromatic N) is 2. The Labute approximate surface area is 147 Å². The molecule has 0 radical (unpaired) electrons. The molecule has 0 spiro atoms. The SMILES string of the molecule is CC(Cn1ncc2ccccc2c1=O)NC(=O)NC1CCCCCC1. The lowest BCUT2D eigenvalue weighted by molar-refractivity contribution is 0.230. The maximum Gasteiger partial charge on any atom is 0.315 e. The molecule has 25 heavy (non-hydrogen) atoms. The van der Waals surface area contributed by atoms with Gasteiger partial charge in [0.2, 0.25) is 0 Å². The van der Waals surface area contributed by atoms with Crippen LogP contribution in [0.3, 0.4) is 0 Å². The van der Waals surface area contributed by atoms with Crippen LogP contribution in [0, 0.1) is 0 Å². The number of benzene rings is 1. The fraction of sp³-hybridized carbons (Fsp3) is 0.526. The number of amides is 2. The summed E-state index contributed by atoms with van der Waals surface area (Å²) in [5.74, 6) is 0. The maximum atomic E-state index is 12.5. The largest absolute Gasteiger partial charge is 0.335 e. The van der Waals surface area contributed by atoms with Crippen molar-refractivity contribution in [3.05, 3.63) is 40.8 Å². The Kier molecular flexibility index (Phi) is 5.68. The van der Waals surface area contributed by atoms with Gasteiger partial charge in [0.25, 0.3) is 5.56 Å². The third kappa shape index (κ3) is 4.59. The summed E-state index contributed by atoms with van der Waals surface area (Å²) in [6, 6.07) is 7.32. The average molecular weight is 342 g/mol. The number of carbonyl (C=O) groups excluding carboxylic acids is 1. The molecule has 0 aliphatic heterocycles. The number of aromatic nitrogens is 2. The van der Waals surface area contributed by atoms with Gasteiger partial charge in [-0.1, -0.05) is 43.9 Å². The van der Waals surface area contributed by atoms with Gasteiger partial charge < -0.3 is 10.6 Å². The van der Waals surface area contributed by atoms with Gasteiger partial charge in [0.15, 0.2) is 0 Å². The summed E-state index contributed by atoms with van der Waals surface area (Å²) in [6.07, 6.45) is 8.66. The Morgan fingerprint density at radius 3 is 2.72 bits per heavy atom. The van der Waals surface area contributed by atoms with E-state index in [-0.39, 0.29) is 23.7 Å². The van der Waals surface area contributed by atoms with Gasteiger partial charge in [0.1, 0.15) is 0 Å². The molecule has 1 saturated carbocycles. The molecule has 1 aliphatic rings. The van der Waals surface area contributed by atoms with Crippen LogP contribution in [-0.2, 0) is 6.54 Å². The Balaban J connectivity index is 1.58. The minimum Gasteiger partial charge on any atom is -0.335 e. The van der Waals surface area contributed by atoms with E-state index in [0.29, 0.717) is 11.9 Å². The van der Waals surface area contributed by atoms with E-state index in [1.807, 2.05) is 25.1 Å². The quantitative estimate of drug-likeness (QED) is 0.839. The number of hydrogen-bond acceptors (Lipinski definition) is 3. The predicted octanol–water partition coefficient (Wildman–Crippen LogP) is 2.81. The lowest BCUT2D eigenvalue weighted by Crippen LogP contribution is -2.47. The molecule has 1 fully saturated rings. The Morgan fingerprint density at radius 2 is 1.96 bits per heavy atom. The highest BCUT2D eigenvalue weighted by atomic mass is 16.2. The second kappa shape index (κ2) is 8.14. The zero-order valence-corrected chi connectivity index (χ0v) is 14.7. The minimum absolute atomic E-state index is 0.129. The standard InChI is InChI=1S/C19H26N4O2/c1-14(21-19(25)22-16-9-4-2-3-5-10-16)13-23-18(24)17-11-7-6-8-15(17)12-20-23/h6-8,11-12,14,16H,2-5,9-10,13H2,1H3,(H2,21,22,25). The zero-order chi connectivity index (χ0) is 17.6. The Hall–Kier alpha value is -2.37. The molecule has 1 heterocycles. The predicted molar refractivity (Wildman–Crippen MR) is 98.6 cm³/mol. The monoisotopic (exact) mass is 342 g/mol. The fourth-order valence-electron chi connectivity index (χ4n) is 3.44. The van der Waals surface area contributed by atoms with Crippen molar-refractivity contribution < 1.29 is 4.79 Å². The normalized spacial score (nSPS) is 17.0. The van der Waals surface area contributed by atoms with Crippen molar-refractivity contribution in [1.82, 2.24) is 20.4 Å². The van der Waals surface area contributed by atoms with Crippen LogP contribution in [0.25, 0.3) is 10.8 Å². The number of rotatable bonds is 4. The van der Waals surface area contributed by atoms with Crippen LogP contribution in [0.4, 0.5) is 4.79 Å². The molecule has 6 nitrogen and oxygen atoms in total. The molecular formula is C19H26N4O2. The second-order valence-electron chi connectivity index (χ2n) is 6.93. The molecule has 3 rings (SSSR count). The number of fused-ring (bicyclic) bond motifs is 1. The van der Waals surface area contributed by atoms with Gasteiger partial charge in [-0.15, -0.1) is 0 Å². The van der Waals surface area contributed by atoms with Crippen LogP contribution >= 0.6 is 0 Å². The Morgan fingerprint density at radius 1 is 1.24 bits per heavy atom. The molecule has 1 aromatic carbocycles. The molecule has 6 heteroatoms. The van der Waals surface area contributed by atoms with Gasteiger partial charge in [-0.25, -0.2) is 9.48 Å². The topological polar surface area (TPSA) is 76.0 Å². The highest BCUT2D eigenvalue weighted by Gasteiger charge is 2.16. The second-order valence-corrected chi connectivity index (χ2v) is 6.93. The molecule has 2 amide bonds. The smallest absolute Gasteiger partial charge is 0.315 e. The first-order valence-electron chi connectivity index (χ1n) is 9.15. The van der Waals surface area contributed by atoms with Crippen LogP contribution < -0.4 is 16.2 Å². The molecule has 1 unspecified atom stereocenters. The van der Waals surface area contributed by atoms with Gasteiger partial charge in [-0.3, -0.25) is 4.79 Å². The van der Waals surface area contributed by atoms with Crippen LogP contribution in [0.2, 0.25) is 0 Å². The van der Waals surface area contributed by atoms with Crippen molar-refractivity contribution in [3.8, 4) is 0 Å². The van der Waals surface area contributed by atoms with E-state index in [4.69, 9.17) is 0 Å². The van der Waals surface area contributed by atoms with Crippen LogP contribution in [0.5, 0.6) is 0 Å². The summed E-state index contributed by atoms with van der Waals surface area (Å²) in [5.41, 5.74) is -0.129. The van der Waals surface area contributed by atoms with Crippen LogP contribution in [-0.4, -0.2) is 27.9 Å². The molecule has 1 aliphatic carbocycles. The highest BCUT2D eigenvalue weighted by Crippen LogP contribution is 2.17. The number of hydrogen-bond donors (Lipinski definition) is 2. The van der Waals surface area contributed by atoms with E-state index >= 15 is 0 Å². The first-order valence-corrected chi connectivity index (χ1v) is 9.15. The van der Waals surface area contributed by atoms with E-state index in [0.717, 1.165) is 18.2 Å². The highest BCUT2D eigenvalue weighted by molar-refractivity contribution is 5.80. The van der Waals surface area contributed by atoms with E-state index in [1.165, 1.54) is 30.4 Å². The average Bonchev–Trinajstić information content (AvgIpc) is 2.86. The van der Waals surface area contributed by atoms with Gasteiger partial charge in [-0.2, -0.15) is 5.10 Å². The minimum atomic E-state index is -0.183. The third-order valence-electron chi connectivity index (χ3n) is 4.78. The lowest BCUT2D eigenvalue weighted by atomic mass is 10.1. The summed E-state index contributed by atoms with van der Waals surface area (Å²) in [4.78, 5) is 24.7. The van der Waals surface area contributed by atoms with E-state index in [9.17, 15) is 9.59 Å². The van der Waals surface area contributed by atoms with Crippen LogP contribution in [0.1, 0.15) is 45.4 Å². The first kappa shape index (κ1) is 17.5. The summed E-state index contributed by atoms with van der Waals surface area (Å²) >= 11 is 0. The first-order chi connectivity index (χ1) is 12.1. The van der Waals surface area contributed by atoms with Gasteiger partial charge >= 0.3 is 6.03 Å². The van der Waals surface area contributed by atoms with E-state index in [2.05, 4.69) is 15.7 Å². The molecule has 134 valence electrons. The Bertz CT molecular complexity index is 778. The van der Waals surface area contributed by atoms with Crippen molar-refractivity contribution >= 4 is 16.8 Å². The molecule has 2 aromatic rings. The summed E-state index contributed by atoms with van der Waals surface area (Å²) in [7, 11) is 0. The van der Waals surface area contributed by atoms with Crippen LogP contribution in [0.15, 0.2) is 35.3 Å². The molecule has 0 saturated heterocycles. The maximum absolute atomic E-state index is 12.5. The van der Waals surface area contributed by atoms with Crippen molar-refractivity contribution in [1.29, 1.82) is 0 Å². The number of carbonyl (C=O) groups is 1. The molecule has 1 aromatic heterocycles. The van der Waals surface area contributed by atoms with Crippen molar-refractivity contribution in [3.63, 3.8) is 0 Å². The number of nitrogens with one attached hydrogen (secondary N) is 2. The fourth-order valence-corrected chi connectivity index (χ4v) is 3.44. The van der Waals surface area contributed by atoms with Crippen molar-refractivity contribution in [2.45, 2.75) is 64.1 Å². The molecule has 0 bridgehead atoms. The lowest BCUT2D eigenvalue weighted by Gasteiger charge is -2.20. The van der Waals surface area contributed by atoms with E-state index in [1.54, 1.807) is 12.3 Å². The number of urea groups is 1. The van der Waals surface area contributed by atoms with Crippen molar-refractivity contribution in [2.75, 3.05) is 0 Å². The summed E-state index contributed by atoms with van der Waals surface area (Å²) in [6.45, 7) is 2.23. The summed E-state index contributed by atoms with van der Waals surface area (Å²) < 4.78 is 1.42. The van der Waals surface area contributed by atoms with Gasteiger partial charge in [0.05, 0.1) is 18.1 Å². The van der Waals surface area contributed by atoms with Crippen molar-refractivity contribution in [2.24, 2.45) is 0 Å². The molecular weight excluding hydrogens is 316 g/mol.